The van der Waals surface area contributed by atoms with Crippen molar-refractivity contribution in [3.8, 4) is 0 Å². The summed E-state index contributed by atoms with van der Waals surface area (Å²) in [4.78, 5) is 5.45. The first kappa shape index (κ1) is 12.2. The lowest BCUT2D eigenvalue weighted by Gasteiger charge is -2.32. The molecule has 2 heterocycles. The minimum absolute atomic E-state index is 0.210. The molecular formula is C14H22N2O2. The van der Waals surface area contributed by atoms with Crippen LogP contribution in [0.25, 0.3) is 0 Å². The Hall–Kier alpha value is -0.840. The van der Waals surface area contributed by atoms with Crippen molar-refractivity contribution in [1.82, 2.24) is 10.8 Å². The normalized spacial score (nSPS) is 39.6. The summed E-state index contributed by atoms with van der Waals surface area (Å²) in [5.41, 5.74) is 5.61. The van der Waals surface area contributed by atoms with E-state index in [0.717, 1.165) is 24.6 Å². The highest BCUT2D eigenvalue weighted by Crippen LogP contribution is 2.37. The second-order valence-electron chi connectivity index (χ2n) is 5.52. The van der Waals surface area contributed by atoms with Gasteiger partial charge in [-0.15, -0.1) is 5.48 Å². The Morgan fingerprint density at radius 3 is 2.94 bits per heavy atom. The van der Waals surface area contributed by atoms with Crippen LogP contribution in [0.3, 0.4) is 0 Å². The van der Waals surface area contributed by atoms with Crippen LogP contribution in [-0.4, -0.2) is 31.8 Å². The average Bonchev–Trinajstić information content (AvgIpc) is 2.94. The number of hydrogen-bond acceptors (Lipinski definition) is 4. The number of fused-ring (bicyclic) bond motifs is 1. The third-order valence-electron chi connectivity index (χ3n) is 4.42. The standard InChI is InChI=1S/C14H22N2O2/c1-8-14(9(2)18-16-8)11-7-12-10(4-5-15-12)6-13(11)17-3/h7-8,10,12-13,15-16H,4-6H2,1-3H3. The molecule has 0 aromatic carbocycles. The predicted molar refractivity (Wildman–Crippen MR) is 69.8 cm³/mol. The van der Waals surface area contributed by atoms with Gasteiger partial charge >= 0.3 is 0 Å². The van der Waals surface area contributed by atoms with E-state index in [4.69, 9.17) is 9.57 Å². The van der Waals surface area contributed by atoms with Crippen molar-refractivity contribution in [2.75, 3.05) is 13.7 Å². The van der Waals surface area contributed by atoms with E-state index >= 15 is 0 Å². The summed E-state index contributed by atoms with van der Waals surface area (Å²) in [7, 11) is 1.81. The van der Waals surface area contributed by atoms with Gasteiger partial charge in [-0.05, 0) is 44.7 Å². The van der Waals surface area contributed by atoms with Gasteiger partial charge in [0.05, 0.1) is 12.1 Å². The van der Waals surface area contributed by atoms with Crippen LogP contribution in [0.5, 0.6) is 0 Å². The second-order valence-corrected chi connectivity index (χ2v) is 5.52. The highest BCUT2D eigenvalue weighted by atomic mass is 16.7. The van der Waals surface area contributed by atoms with Gasteiger partial charge in [-0.2, -0.15) is 0 Å². The molecule has 1 saturated heterocycles. The van der Waals surface area contributed by atoms with Crippen LogP contribution in [-0.2, 0) is 9.57 Å². The molecule has 1 aliphatic carbocycles. The molecule has 4 nitrogen and oxygen atoms in total. The summed E-state index contributed by atoms with van der Waals surface area (Å²) in [6.07, 6.45) is 4.95. The van der Waals surface area contributed by atoms with Crippen LogP contribution in [0.4, 0.5) is 0 Å². The summed E-state index contributed by atoms with van der Waals surface area (Å²) in [6.45, 7) is 5.28. The van der Waals surface area contributed by atoms with Gasteiger partial charge in [-0.1, -0.05) is 6.08 Å². The van der Waals surface area contributed by atoms with E-state index in [0.29, 0.717) is 6.04 Å². The van der Waals surface area contributed by atoms with Gasteiger partial charge in [-0.25, -0.2) is 0 Å². The number of ether oxygens (including phenoxy) is 1. The zero-order chi connectivity index (χ0) is 12.7. The molecule has 0 saturated carbocycles. The van der Waals surface area contributed by atoms with Gasteiger partial charge < -0.3 is 14.9 Å². The van der Waals surface area contributed by atoms with Crippen LogP contribution < -0.4 is 10.8 Å². The number of rotatable bonds is 2. The predicted octanol–water partition coefficient (Wildman–Crippen LogP) is 1.51. The minimum atomic E-state index is 0.210. The number of allylic oxidation sites excluding steroid dienone is 1. The first-order chi connectivity index (χ1) is 8.70. The van der Waals surface area contributed by atoms with Crippen molar-refractivity contribution in [2.24, 2.45) is 5.92 Å². The van der Waals surface area contributed by atoms with Crippen molar-refractivity contribution < 1.29 is 9.57 Å². The molecule has 3 rings (SSSR count). The molecule has 18 heavy (non-hydrogen) atoms. The zero-order valence-corrected chi connectivity index (χ0v) is 11.3. The third-order valence-corrected chi connectivity index (χ3v) is 4.42. The maximum absolute atomic E-state index is 5.71. The topological polar surface area (TPSA) is 42.5 Å². The van der Waals surface area contributed by atoms with Gasteiger partial charge in [0, 0.05) is 18.7 Å². The molecule has 4 heteroatoms. The maximum atomic E-state index is 5.71. The van der Waals surface area contributed by atoms with Crippen LogP contribution in [0.2, 0.25) is 0 Å². The largest absolute Gasteiger partial charge is 0.413 e. The van der Waals surface area contributed by atoms with Crippen molar-refractivity contribution in [3.63, 3.8) is 0 Å². The van der Waals surface area contributed by atoms with E-state index in [1.54, 1.807) is 0 Å². The monoisotopic (exact) mass is 250 g/mol. The summed E-state index contributed by atoms with van der Waals surface area (Å²) in [5.74, 6) is 1.71. The van der Waals surface area contributed by atoms with Crippen molar-refractivity contribution in [1.29, 1.82) is 0 Å². The molecule has 100 valence electrons. The van der Waals surface area contributed by atoms with Gasteiger partial charge in [0.1, 0.15) is 5.76 Å². The van der Waals surface area contributed by atoms with Crippen LogP contribution >= 0.6 is 0 Å². The quantitative estimate of drug-likeness (QED) is 0.779. The molecule has 0 spiro atoms. The molecule has 0 aromatic heterocycles. The lowest BCUT2D eigenvalue weighted by Crippen LogP contribution is -2.36. The molecular weight excluding hydrogens is 228 g/mol. The molecule has 4 unspecified atom stereocenters. The molecule has 0 aromatic rings. The molecule has 4 atom stereocenters. The van der Waals surface area contributed by atoms with Crippen LogP contribution in [0.1, 0.15) is 26.7 Å². The summed E-state index contributed by atoms with van der Waals surface area (Å²) in [6, 6.07) is 0.756. The molecule has 2 N–H and O–H groups in total. The van der Waals surface area contributed by atoms with Crippen molar-refractivity contribution >= 4 is 0 Å². The number of nitrogens with one attached hydrogen (secondary N) is 2. The third kappa shape index (κ3) is 1.88. The lowest BCUT2D eigenvalue weighted by atomic mass is 9.80. The molecule has 0 amide bonds. The zero-order valence-electron chi connectivity index (χ0n) is 11.3. The Morgan fingerprint density at radius 1 is 1.44 bits per heavy atom. The van der Waals surface area contributed by atoms with Gasteiger partial charge in [-0.3, -0.25) is 0 Å². The van der Waals surface area contributed by atoms with Crippen LogP contribution in [0.15, 0.2) is 23.0 Å². The fourth-order valence-electron chi connectivity index (χ4n) is 3.48. The number of methoxy groups -OCH3 is 1. The smallest absolute Gasteiger partial charge is 0.126 e. The van der Waals surface area contributed by atoms with Gasteiger partial charge in [0.15, 0.2) is 0 Å². The Morgan fingerprint density at radius 2 is 2.28 bits per heavy atom. The average molecular weight is 250 g/mol. The highest BCUT2D eigenvalue weighted by molar-refractivity contribution is 5.43. The Kier molecular flexibility index (Phi) is 3.18. The summed E-state index contributed by atoms with van der Waals surface area (Å²) >= 11 is 0. The SMILES string of the molecule is COC1CC2CCNC2C=C1C1=C(C)ONC1C. The van der Waals surface area contributed by atoms with E-state index in [1.807, 2.05) is 14.0 Å². The first-order valence-corrected chi connectivity index (χ1v) is 6.82. The summed E-state index contributed by atoms with van der Waals surface area (Å²) < 4.78 is 5.71. The second kappa shape index (κ2) is 4.68. The fraction of sp³-hybridized carbons (Fsp3) is 0.714. The first-order valence-electron chi connectivity index (χ1n) is 6.82. The fourth-order valence-corrected chi connectivity index (χ4v) is 3.48. The Bertz CT molecular complexity index is 403. The van der Waals surface area contributed by atoms with E-state index in [2.05, 4.69) is 23.8 Å². The van der Waals surface area contributed by atoms with Gasteiger partial charge in [0.25, 0.3) is 0 Å². The van der Waals surface area contributed by atoms with Gasteiger partial charge in [0.2, 0.25) is 0 Å². The van der Waals surface area contributed by atoms with E-state index in [-0.39, 0.29) is 12.1 Å². The number of hydroxylamine groups is 1. The van der Waals surface area contributed by atoms with Crippen molar-refractivity contribution in [2.45, 2.75) is 44.9 Å². The molecule has 2 aliphatic heterocycles. The Labute approximate surface area is 108 Å². The van der Waals surface area contributed by atoms with E-state index in [1.165, 1.54) is 17.6 Å². The molecule has 0 bridgehead atoms. The summed E-state index contributed by atoms with van der Waals surface area (Å²) in [5, 5.41) is 3.57. The van der Waals surface area contributed by atoms with E-state index in [9.17, 15) is 0 Å². The number of hydrogen-bond donors (Lipinski definition) is 2. The Balaban J connectivity index is 1.95. The maximum Gasteiger partial charge on any atom is 0.126 e. The minimum Gasteiger partial charge on any atom is -0.413 e. The molecule has 3 aliphatic rings. The van der Waals surface area contributed by atoms with Crippen LogP contribution in [0, 0.1) is 5.92 Å². The van der Waals surface area contributed by atoms with E-state index < -0.39 is 0 Å². The highest BCUT2D eigenvalue weighted by Gasteiger charge is 2.38. The molecule has 1 fully saturated rings. The molecule has 0 radical (unpaired) electrons. The lowest BCUT2D eigenvalue weighted by molar-refractivity contribution is 0.101. The van der Waals surface area contributed by atoms with Crippen molar-refractivity contribution in [3.05, 3.63) is 23.0 Å².